The lowest BCUT2D eigenvalue weighted by molar-refractivity contribution is -0.136. The highest BCUT2D eigenvalue weighted by atomic mass is 16.5. The van der Waals surface area contributed by atoms with Crippen molar-refractivity contribution in [3.05, 3.63) is 52.6 Å². The number of nitrogens with zero attached hydrogens (tertiary/aromatic N) is 1. The van der Waals surface area contributed by atoms with Gasteiger partial charge in [0.2, 0.25) is 0 Å². The number of hydrogen-bond donors (Lipinski definition) is 1. The third-order valence-electron chi connectivity index (χ3n) is 4.22. The lowest BCUT2D eigenvalue weighted by Gasteiger charge is -2.33. The van der Waals surface area contributed by atoms with Gasteiger partial charge in [-0.2, -0.15) is 0 Å². The molecule has 5 heteroatoms. The second-order valence-electron chi connectivity index (χ2n) is 5.54. The normalized spacial score (nSPS) is 21.4. The topological polar surface area (TPSA) is 68.3 Å². The predicted molar refractivity (Wildman–Crippen MR) is 80.7 cm³/mol. The Balaban J connectivity index is 2.18. The average molecular weight is 298 g/mol. The minimum atomic E-state index is -0.406. The van der Waals surface area contributed by atoms with Crippen molar-refractivity contribution in [1.29, 1.82) is 0 Å². The second-order valence-corrected chi connectivity index (χ2v) is 5.54. The Bertz CT molecular complexity index is 689. The van der Waals surface area contributed by atoms with Crippen LogP contribution in [0.1, 0.15) is 37.7 Å². The molecule has 0 amide bonds. The Morgan fingerprint density at radius 1 is 1.32 bits per heavy atom. The summed E-state index contributed by atoms with van der Waals surface area (Å²) < 4.78 is 4.94. The molecule has 1 aromatic heterocycles. The molecule has 0 saturated heterocycles. The van der Waals surface area contributed by atoms with Gasteiger partial charge < -0.3 is 10.1 Å². The Morgan fingerprint density at radius 3 is 2.73 bits per heavy atom. The number of carbonyl (C=O) groups is 2. The average Bonchev–Trinajstić information content (AvgIpc) is 2.54. The fraction of sp³-hybridized carbons (Fsp3) is 0.353. The number of ketones is 1. The van der Waals surface area contributed by atoms with Crippen molar-refractivity contribution in [3.63, 3.8) is 0 Å². The highest BCUT2D eigenvalue weighted by molar-refractivity contribution is 6.03. The van der Waals surface area contributed by atoms with E-state index >= 15 is 0 Å². The zero-order valence-corrected chi connectivity index (χ0v) is 12.7. The highest BCUT2D eigenvalue weighted by Crippen LogP contribution is 2.42. The monoisotopic (exact) mass is 298 g/mol. The van der Waals surface area contributed by atoms with Crippen molar-refractivity contribution >= 4 is 11.8 Å². The quantitative estimate of drug-likeness (QED) is 0.848. The largest absolute Gasteiger partial charge is 0.466 e. The summed E-state index contributed by atoms with van der Waals surface area (Å²) in [5.41, 5.74) is 3.77. The van der Waals surface area contributed by atoms with Crippen molar-refractivity contribution in [2.45, 2.75) is 32.1 Å². The maximum atomic E-state index is 12.5. The molecule has 0 spiro atoms. The van der Waals surface area contributed by atoms with Crippen LogP contribution in [0.3, 0.4) is 0 Å². The summed E-state index contributed by atoms with van der Waals surface area (Å²) in [4.78, 5) is 28.8. The maximum Gasteiger partial charge on any atom is 0.336 e. The molecule has 1 aliphatic carbocycles. The molecule has 1 aromatic rings. The van der Waals surface area contributed by atoms with E-state index in [9.17, 15) is 9.59 Å². The van der Waals surface area contributed by atoms with E-state index in [1.807, 2.05) is 19.1 Å². The van der Waals surface area contributed by atoms with E-state index in [1.54, 1.807) is 12.4 Å². The van der Waals surface area contributed by atoms with Crippen molar-refractivity contribution < 1.29 is 14.3 Å². The van der Waals surface area contributed by atoms with Crippen LogP contribution in [0.15, 0.2) is 47.1 Å². The molecule has 2 heterocycles. The van der Waals surface area contributed by atoms with Gasteiger partial charge in [-0.25, -0.2) is 4.79 Å². The number of Topliss-reactive ketones (excluding diaryl/α,β-unsaturated/α-hetero) is 1. The number of hydrogen-bond acceptors (Lipinski definition) is 5. The molecule has 2 aliphatic rings. The van der Waals surface area contributed by atoms with Crippen molar-refractivity contribution in [2.24, 2.45) is 0 Å². The summed E-state index contributed by atoms with van der Waals surface area (Å²) in [7, 11) is 1.36. The Morgan fingerprint density at radius 2 is 2.05 bits per heavy atom. The molecule has 0 fully saturated rings. The standard InChI is InChI=1S/C17H18N2O3/c1-10-14(17(21)22-2)15(11-6-8-18-9-7-11)16-12(19-10)4-3-5-13(16)20/h6-9,15,19H,3-5H2,1-2H3/t15-/m1/s1. The van der Waals surface area contributed by atoms with E-state index in [4.69, 9.17) is 4.74 Å². The maximum absolute atomic E-state index is 12.5. The van der Waals surface area contributed by atoms with Crippen LogP contribution in [-0.2, 0) is 14.3 Å². The van der Waals surface area contributed by atoms with E-state index in [-0.39, 0.29) is 11.7 Å². The molecule has 0 bridgehead atoms. The summed E-state index contributed by atoms with van der Waals surface area (Å²) in [6.07, 6.45) is 5.54. The first-order valence-corrected chi connectivity index (χ1v) is 7.35. The van der Waals surface area contributed by atoms with Crippen LogP contribution in [0, 0.1) is 0 Å². The number of methoxy groups -OCH3 is 1. The van der Waals surface area contributed by atoms with Crippen molar-refractivity contribution in [2.75, 3.05) is 7.11 Å². The number of aromatic nitrogens is 1. The number of nitrogens with one attached hydrogen (secondary N) is 1. The van der Waals surface area contributed by atoms with Crippen molar-refractivity contribution in [1.82, 2.24) is 10.3 Å². The summed E-state index contributed by atoms with van der Waals surface area (Å²) in [5.74, 6) is -0.680. The molecule has 0 radical (unpaired) electrons. The van der Waals surface area contributed by atoms with Crippen molar-refractivity contribution in [3.8, 4) is 0 Å². The van der Waals surface area contributed by atoms with Gasteiger partial charge in [0.15, 0.2) is 5.78 Å². The summed E-state index contributed by atoms with van der Waals surface area (Å²) in [6, 6.07) is 3.69. The first kappa shape index (κ1) is 14.5. The predicted octanol–water partition coefficient (Wildman–Crippen LogP) is 2.22. The Hall–Kier alpha value is -2.43. The van der Waals surface area contributed by atoms with Gasteiger partial charge in [0.05, 0.1) is 12.7 Å². The molecule has 22 heavy (non-hydrogen) atoms. The van der Waals surface area contributed by atoms with Crippen LogP contribution in [0.5, 0.6) is 0 Å². The molecule has 1 N–H and O–H groups in total. The fourth-order valence-electron chi connectivity index (χ4n) is 3.25. The molecule has 114 valence electrons. The number of carbonyl (C=O) groups excluding carboxylic acids is 2. The SMILES string of the molecule is COC(=O)C1=C(C)NC2=C(C(=O)CCC2)[C@@H]1c1ccncc1. The van der Waals surface area contributed by atoms with Gasteiger partial charge in [0, 0.05) is 41.7 Å². The molecule has 1 aliphatic heterocycles. The minimum Gasteiger partial charge on any atom is -0.466 e. The molecular weight excluding hydrogens is 280 g/mol. The summed E-state index contributed by atoms with van der Waals surface area (Å²) in [6.45, 7) is 1.85. The lowest BCUT2D eigenvalue weighted by atomic mass is 9.75. The van der Waals surface area contributed by atoms with E-state index < -0.39 is 5.97 Å². The van der Waals surface area contributed by atoms with E-state index in [0.717, 1.165) is 29.8 Å². The Kier molecular flexibility index (Phi) is 3.79. The molecule has 0 aromatic carbocycles. The molecular formula is C17H18N2O3. The number of dihydropyridines is 1. The zero-order chi connectivity index (χ0) is 15.7. The minimum absolute atomic E-state index is 0.101. The molecule has 0 saturated carbocycles. The van der Waals surface area contributed by atoms with Crippen LogP contribution in [-0.4, -0.2) is 23.8 Å². The van der Waals surface area contributed by atoms with Gasteiger partial charge in [-0.15, -0.1) is 0 Å². The number of esters is 1. The highest BCUT2D eigenvalue weighted by Gasteiger charge is 2.38. The number of allylic oxidation sites excluding steroid dienone is 3. The van der Waals surface area contributed by atoms with Gasteiger partial charge in [-0.1, -0.05) is 0 Å². The number of ether oxygens (including phenoxy) is 1. The zero-order valence-electron chi connectivity index (χ0n) is 12.7. The third-order valence-corrected chi connectivity index (χ3v) is 4.22. The lowest BCUT2D eigenvalue weighted by Crippen LogP contribution is -2.34. The van der Waals surface area contributed by atoms with Gasteiger partial charge in [-0.05, 0) is 37.5 Å². The second kappa shape index (κ2) is 5.75. The van der Waals surface area contributed by atoms with Crippen LogP contribution in [0.2, 0.25) is 0 Å². The molecule has 5 nitrogen and oxygen atoms in total. The molecule has 1 atom stereocenters. The molecule has 0 unspecified atom stereocenters. The van der Waals surface area contributed by atoms with Gasteiger partial charge in [0.25, 0.3) is 0 Å². The van der Waals surface area contributed by atoms with Gasteiger partial charge >= 0.3 is 5.97 Å². The Labute approximate surface area is 129 Å². The summed E-state index contributed by atoms with van der Waals surface area (Å²) >= 11 is 0. The first-order chi connectivity index (χ1) is 10.6. The number of rotatable bonds is 2. The van der Waals surface area contributed by atoms with Crippen LogP contribution in [0.25, 0.3) is 0 Å². The third kappa shape index (κ3) is 2.32. The first-order valence-electron chi connectivity index (χ1n) is 7.35. The van der Waals surface area contributed by atoms with Gasteiger partial charge in [0.1, 0.15) is 0 Å². The summed E-state index contributed by atoms with van der Waals surface area (Å²) in [5, 5.41) is 3.24. The number of pyridine rings is 1. The van der Waals surface area contributed by atoms with E-state index in [0.29, 0.717) is 17.6 Å². The van der Waals surface area contributed by atoms with Gasteiger partial charge in [-0.3, -0.25) is 9.78 Å². The van der Waals surface area contributed by atoms with E-state index in [2.05, 4.69) is 10.3 Å². The van der Waals surface area contributed by atoms with Crippen LogP contribution >= 0.6 is 0 Å². The fourth-order valence-corrected chi connectivity index (χ4v) is 3.25. The van der Waals surface area contributed by atoms with Crippen LogP contribution < -0.4 is 5.32 Å². The van der Waals surface area contributed by atoms with E-state index in [1.165, 1.54) is 7.11 Å². The van der Waals surface area contributed by atoms with Crippen LogP contribution in [0.4, 0.5) is 0 Å². The molecule has 3 rings (SSSR count). The smallest absolute Gasteiger partial charge is 0.336 e.